The third kappa shape index (κ3) is 6.16. The number of nitrogens with one attached hydrogen (secondary N) is 2. The number of amides is 3. The molecule has 0 bridgehead atoms. The summed E-state index contributed by atoms with van der Waals surface area (Å²) in [5.41, 5.74) is 6.70. The second-order valence-electron chi connectivity index (χ2n) is 6.97. The Labute approximate surface area is 188 Å². The molecule has 176 valence electrons. The summed E-state index contributed by atoms with van der Waals surface area (Å²) in [6.07, 6.45) is -6.99. The quantitative estimate of drug-likeness (QED) is 0.218. The number of ether oxygens (including phenoxy) is 1. The Balaban J connectivity index is 2.22. The molecule has 12 heteroatoms. The first-order chi connectivity index (χ1) is 15.1. The van der Waals surface area contributed by atoms with Crippen molar-refractivity contribution in [1.29, 1.82) is 0 Å². The minimum atomic E-state index is -1.84. The highest BCUT2D eigenvalue weighted by Crippen LogP contribution is 2.36. The molecular formula is C20H27N3O8S. The molecule has 9 N–H and O–H groups in total. The van der Waals surface area contributed by atoms with Gasteiger partial charge < -0.3 is 46.6 Å². The Morgan fingerprint density at radius 2 is 1.84 bits per heavy atom. The summed E-state index contributed by atoms with van der Waals surface area (Å²) in [7, 11) is 1.46. The van der Waals surface area contributed by atoms with Crippen molar-refractivity contribution in [3.63, 3.8) is 0 Å². The Hall–Kier alpha value is -2.74. The van der Waals surface area contributed by atoms with Crippen LogP contribution in [0.5, 0.6) is 5.75 Å². The molecule has 0 saturated heterocycles. The smallest absolute Gasteiger partial charge is 0.316 e. The number of aryl methyl sites for hydroxylation is 1. The fourth-order valence-electron chi connectivity index (χ4n) is 2.88. The number of aliphatic hydroxyl groups is 5. The van der Waals surface area contributed by atoms with E-state index in [1.165, 1.54) is 13.1 Å². The van der Waals surface area contributed by atoms with Crippen LogP contribution in [0, 0.1) is 6.92 Å². The zero-order valence-corrected chi connectivity index (χ0v) is 18.3. The molecule has 0 saturated carbocycles. The van der Waals surface area contributed by atoms with Gasteiger partial charge in [0.15, 0.2) is 0 Å². The molecule has 32 heavy (non-hydrogen) atoms. The molecule has 0 aliphatic heterocycles. The van der Waals surface area contributed by atoms with Gasteiger partial charge in [-0.05, 0) is 48.7 Å². The van der Waals surface area contributed by atoms with E-state index in [4.69, 9.17) is 15.6 Å². The van der Waals surface area contributed by atoms with Gasteiger partial charge in [-0.25, -0.2) is 4.79 Å². The van der Waals surface area contributed by atoms with Gasteiger partial charge in [-0.15, -0.1) is 11.3 Å². The Morgan fingerprint density at radius 3 is 2.41 bits per heavy atom. The summed E-state index contributed by atoms with van der Waals surface area (Å²) >= 11 is 1.14. The van der Waals surface area contributed by atoms with Crippen LogP contribution in [0.3, 0.4) is 0 Å². The van der Waals surface area contributed by atoms with Crippen LogP contribution in [0.1, 0.15) is 21.7 Å². The van der Waals surface area contributed by atoms with Gasteiger partial charge in [-0.1, -0.05) is 0 Å². The number of urea groups is 1. The number of hydrogen-bond donors (Lipinski definition) is 8. The molecule has 3 amide bonds. The van der Waals surface area contributed by atoms with Crippen molar-refractivity contribution in [3.8, 4) is 16.2 Å². The van der Waals surface area contributed by atoms with E-state index in [-0.39, 0.29) is 28.6 Å². The largest absolute Gasteiger partial charge is 0.462 e. The molecule has 0 fully saturated rings. The number of anilines is 1. The molecule has 1 heterocycles. The van der Waals surface area contributed by atoms with Crippen molar-refractivity contribution in [2.45, 2.75) is 37.9 Å². The standard InChI is InChI=1S/C20H27N3O8S/c1-9-7-10(14-8-11(23-20(21)30)17(32-14)18(28)22-2)3-4-13(9)31-19(29)16(27)15(26)12(25)5-6-24/h3-4,7-8,12,15-16,19,24-27,29H,5-6H2,1-2H3,(H,22,28)(H3,21,23,30). The highest BCUT2D eigenvalue weighted by atomic mass is 32.1. The molecule has 1 aromatic heterocycles. The van der Waals surface area contributed by atoms with Crippen molar-refractivity contribution in [2.75, 3.05) is 19.0 Å². The lowest BCUT2D eigenvalue weighted by Gasteiger charge is -2.27. The summed E-state index contributed by atoms with van der Waals surface area (Å²) in [5, 5.41) is 53.3. The highest BCUT2D eigenvalue weighted by molar-refractivity contribution is 7.18. The average Bonchev–Trinajstić information content (AvgIpc) is 3.16. The number of hydrogen-bond acceptors (Lipinski definition) is 9. The van der Waals surface area contributed by atoms with Gasteiger partial charge in [0.25, 0.3) is 5.91 Å². The predicted molar refractivity (Wildman–Crippen MR) is 117 cm³/mol. The molecule has 0 aliphatic carbocycles. The second-order valence-corrected chi connectivity index (χ2v) is 8.02. The average molecular weight is 470 g/mol. The number of aliphatic hydroxyl groups excluding tert-OH is 5. The lowest BCUT2D eigenvalue weighted by atomic mass is 10.0. The first-order valence-corrected chi connectivity index (χ1v) is 10.4. The fourth-order valence-corrected chi connectivity index (χ4v) is 3.93. The van der Waals surface area contributed by atoms with Gasteiger partial charge in [0.2, 0.25) is 6.29 Å². The molecule has 2 aromatic rings. The Bertz CT molecular complexity index is 951. The van der Waals surface area contributed by atoms with Gasteiger partial charge in [-0.2, -0.15) is 0 Å². The van der Waals surface area contributed by atoms with E-state index in [0.717, 1.165) is 11.3 Å². The summed E-state index contributed by atoms with van der Waals surface area (Å²) in [5.74, 6) is -0.177. The van der Waals surface area contributed by atoms with Crippen molar-refractivity contribution in [2.24, 2.45) is 5.73 Å². The van der Waals surface area contributed by atoms with E-state index in [0.29, 0.717) is 16.0 Å². The van der Waals surface area contributed by atoms with Crippen LogP contribution in [-0.4, -0.2) is 75.7 Å². The molecule has 0 radical (unpaired) electrons. The van der Waals surface area contributed by atoms with Gasteiger partial charge >= 0.3 is 6.03 Å². The van der Waals surface area contributed by atoms with Gasteiger partial charge in [0.05, 0.1) is 11.8 Å². The van der Waals surface area contributed by atoms with Crippen LogP contribution >= 0.6 is 11.3 Å². The molecule has 4 atom stereocenters. The maximum Gasteiger partial charge on any atom is 0.316 e. The number of benzene rings is 1. The Morgan fingerprint density at radius 1 is 1.16 bits per heavy atom. The minimum Gasteiger partial charge on any atom is -0.462 e. The minimum absolute atomic E-state index is 0.176. The fraction of sp³-hybridized carbons (Fsp3) is 0.400. The molecule has 0 spiro atoms. The lowest BCUT2D eigenvalue weighted by Crippen LogP contribution is -2.47. The SMILES string of the molecule is CNC(=O)c1sc(-c2ccc(OC(O)C(O)C(O)C(O)CCO)c(C)c2)cc1NC(N)=O. The van der Waals surface area contributed by atoms with Gasteiger partial charge in [0.1, 0.15) is 22.8 Å². The third-order valence-electron chi connectivity index (χ3n) is 4.59. The van der Waals surface area contributed by atoms with Crippen molar-refractivity contribution >= 4 is 29.0 Å². The first-order valence-electron chi connectivity index (χ1n) is 9.62. The maximum absolute atomic E-state index is 12.1. The summed E-state index contributed by atoms with van der Waals surface area (Å²) < 4.78 is 5.32. The van der Waals surface area contributed by atoms with E-state index in [2.05, 4.69) is 10.6 Å². The van der Waals surface area contributed by atoms with Crippen molar-refractivity contribution < 1.29 is 39.9 Å². The predicted octanol–water partition coefficient (Wildman–Crippen LogP) is -0.264. The number of rotatable bonds is 10. The maximum atomic E-state index is 12.1. The normalized spacial score (nSPS) is 14.8. The van der Waals surface area contributed by atoms with Crippen LogP contribution in [0.15, 0.2) is 24.3 Å². The van der Waals surface area contributed by atoms with Crippen molar-refractivity contribution in [1.82, 2.24) is 5.32 Å². The van der Waals surface area contributed by atoms with Crippen LogP contribution in [0.25, 0.3) is 10.4 Å². The summed E-state index contributed by atoms with van der Waals surface area (Å²) in [4.78, 5) is 24.3. The number of primary amides is 1. The topological polar surface area (TPSA) is 195 Å². The third-order valence-corrected chi connectivity index (χ3v) is 5.77. The van der Waals surface area contributed by atoms with Crippen LogP contribution < -0.4 is 21.1 Å². The van der Waals surface area contributed by atoms with E-state index >= 15 is 0 Å². The van der Waals surface area contributed by atoms with Crippen LogP contribution in [-0.2, 0) is 0 Å². The summed E-state index contributed by atoms with van der Waals surface area (Å²) in [6, 6.07) is 5.67. The zero-order valence-electron chi connectivity index (χ0n) is 17.5. The zero-order chi connectivity index (χ0) is 24.0. The number of carbonyl (C=O) groups is 2. The van der Waals surface area contributed by atoms with E-state index < -0.39 is 37.2 Å². The Kier molecular flexibility index (Phi) is 8.95. The van der Waals surface area contributed by atoms with Gasteiger partial charge in [-0.3, -0.25) is 4.79 Å². The number of nitrogens with two attached hydrogens (primary N) is 1. The number of carbonyl (C=O) groups excluding carboxylic acids is 2. The van der Waals surface area contributed by atoms with E-state index in [1.54, 1.807) is 25.1 Å². The molecular weight excluding hydrogens is 442 g/mol. The highest BCUT2D eigenvalue weighted by Gasteiger charge is 2.31. The van der Waals surface area contributed by atoms with Crippen molar-refractivity contribution in [3.05, 3.63) is 34.7 Å². The molecule has 2 rings (SSSR count). The number of thiophene rings is 1. The van der Waals surface area contributed by atoms with E-state index in [1.807, 2.05) is 0 Å². The molecule has 4 unspecified atom stereocenters. The van der Waals surface area contributed by atoms with Gasteiger partial charge in [0, 0.05) is 18.5 Å². The van der Waals surface area contributed by atoms with E-state index in [9.17, 15) is 30.0 Å². The summed E-state index contributed by atoms with van der Waals surface area (Å²) in [6.45, 7) is 1.29. The first kappa shape index (κ1) is 25.5. The monoisotopic (exact) mass is 469 g/mol. The van der Waals surface area contributed by atoms with Crippen LogP contribution in [0.4, 0.5) is 10.5 Å². The van der Waals surface area contributed by atoms with Crippen LogP contribution in [0.2, 0.25) is 0 Å². The second kappa shape index (κ2) is 11.2. The molecule has 0 aliphatic rings. The molecule has 11 nitrogen and oxygen atoms in total. The molecule has 1 aromatic carbocycles. The lowest BCUT2D eigenvalue weighted by molar-refractivity contribution is -0.166.